The standard InChI is InChI=1S/C11H15N7O2S/c1-8-6-21(19,20)5-4-18(8)11-15-9(12)14-10(16-11)17-3-2-13-7-17/h2-3,7-8H,4-6H2,1H3,(H2,12,14,15,16). The number of aromatic nitrogens is 5. The fraction of sp³-hybridized carbons (Fsp3) is 0.455. The van der Waals surface area contributed by atoms with Gasteiger partial charge in [0.15, 0.2) is 9.84 Å². The molecule has 3 rings (SSSR count). The summed E-state index contributed by atoms with van der Waals surface area (Å²) < 4.78 is 24.9. The monoisotopic (exact) mass is 309 g/mol. The highest BCUT2D eigenvalue weighted by molar-refractivity contribution is 7.91. The number of imidazole rings is 1. The lowest BCUT2D eigenvalue weighted by Gasteiger charge is -2.33. The highest BCUT2D eigenvalue weighted by Crippen LogP contribution is 2.19. The van der Waals surface area contributed by atoms with Gasteiger partial charge in [-0.05, 0) is 6.92 Å². The fourth-order valence-electron chi connectivity index (χ4n) is 2.29. The van der Waals surface area contributed by atoms with Gasteiger partial charge in [0, 0.05) is 25.0 Å². The van der Waals surface area contributed by atoms with E-state index < -0.39 is 9.84 Å². The van der Waals surface area contributed by atoms with E-state index in [1.54, 1.807) is 23.3 Å². The summed E-state index contributed by atoms with van der Waals surface area (Å²) in [5.74, 6) is 0.996. The second kappa shape index (κ2) is 4.95. The smallest absolute Gasteiger partial charge is 0.241 e. The third-order valence-corrected chi connectivity index (χ3v) is 5.09. The van der Waals surface area contributed by atoms with Crippen LogP contribution in [0.5, 0.6) is 0 Å². The first-order chi connectivity index (χ1) is 9.94. The lowest BCUT2D eigenvalue weighted by molar-refractivity contribution is 0.564. The average Bonchev–Trinajstić information content (AvgIpc) is 2.90. The van der Waals surface area contributed by atoms with Crippen molar-refractivity contribution in [2.24, 2.45) is 0 Å². The van der Waals surface area contributed by atoms with Crippen LogP contribution < -0.4 is 10.6 Å². The largest absolute Gasteiger partial charge is 0.368 e. The Labute approximate surface area is 121 Å². The highest BCUT2D eigenvalue weighted by Gasteiger charge is 2.30. The maximum absolute atomic E-state index is 11.6. The molecule has 21 heavy (non-hydrogen) atoms. The summed E-state index contributed by atoms with van der Waals surface area (Å²) in [6.07, 6.45) is 4.86. The number of nitrogens with two attached hydrogens (primary N) is 1. The van der Waals surface area contributed by atoms with Gasteiger partial charge in [-0.3, -0.25) is 4.57 Å². The van der Waals surface area contributed by atoms with Crippen molar-refractivity contribution in [1.29, 1.82) is 0 Å². The Hall–Kier alpha value is -2.23. The minimum atomic E-state index is -3.00. The van der Waals surface area contributed by atoms with Gasteiger partial charge in [0.1, 0.15) is 6.33 Å². The van der Waals surface area contributed by atoms with Crippen molar-refractivity contribution in [1.82, 2.24) is 24.5 Å². The van der Waals surface area contributed by atoms with Gasteiger partial charge < -0.3 is 10.6 Å². The zero-order valence-electron chi connectivity index (χ0n) is 11.4. The Balaban J connectivity index is 1.96. The minimum absolute atomic E-state index is 0.0823. The molecule has 0 saturated carbocycles. The van der Waals surface area contributed by atoms with Crippen molar-refractivity contribution in [2.45, 2.75) is 13.0 Å². The van der Waals surface area contributed by atoms with Crippen molar-refractivity contribution in [3.05, 3.63) is 18.7 Å². The van der Waals surface area contributed by atoms with E-state index in [-0.39, 0.29) is 23.5 Å². The molecule has 1 atom stereocenters. The van der Waals surface area contributed by atoms with Crippen LogP contribution in [0.2, 0.25) is 0 Å². The summed E-state index contributed by atoms with van der Waals surface area (Å²) in [6.45, 7) is 2.17. The summed E-state index contributed by atoms with van der Waals surface area (Å²) in [6, 6.07) is -0.207. The van der Waals surface area contributed by atoms with Gasteiger partial charge in [-0.15, -0.1) is 0 Å². The molecule has 9 nitrogen and oxygen atoms in total. The summed E-state index contributed by atoms with van der Waals surface area (Å²) in [5, 5.41) is 0. The number of nitrogens with zero attached hydrogens (tertiary/aromatic N) is 6. The fourth-order valence-corrected chi connectivity index (χ4v) is 3.84. The number of anilines is 2. The van der Waals surface area contributed by atoms with E-state index in [9.17, 15) is 8.42 Å². The number of nitrogen functional groups attached to an aromatic ring is 1. The van der Waals surface area contributed by atoms with E-state index in [0.717, 1.165) is 0 Å². The minimum Gasteiger partial charge on any atom is -0.368 e. The third kappa shape index (κ3) is 2.79. The van der Waals surface area contributed by atoms with Crippen molar-refractivity contribution in [3.63, 3.8) is 0 Å². The van der Waals surface area contributed by atoms with Crippen molar-refractivity contribution in [3.8, 4) is 5.95 Å². The van der Waals surface area contributed by atoms with Gasteiger partial charge >= 0.3 is 0 Å². The lowest BCUT2D eigenvalue weighted by Crippen LogP contribution is -2.47. The summed E-state index contributed by atoms with van der Waals surface area (Å²) in [7, 11) is -3.00. The second-order valence-electron chi connectivity index (χ2n) is 4.92. The molecular weight excluding hydrogens is 294 g/mol. The quantitative estimate of drug-likeness (QED) is 0.770. The molecule has 2 aromatic rings. The molecule has 10 heteroatoms. The molecule has 0 radical (unpaired) electrons. The zero-order chi connectivity index (χ0) is 15.0. The van der Waals surface area contributed by atoms with Gasteiger partial charge in [0.25, 0.3) is 0 Å². The third-order valence-electron chi connectivity index (χ3n) is 3.29. The molecule has 1 aliphatic rings. The molecule has 0 aliphatic carbocycles. The van der Waals surface area contributed by atoms with E-state index in [4.69, 9.17) is 5.73 Å². The molecular formula is C11H15N7O2S. The molecule has 112 valence electrons. The number of hydrogen-bond acceptors (Lipinski definition) is 8. The average molecular weight is 309 g/mol. The lowest BCUT2D eigenvalue weighted by atomic mass is 10.3. The van der Waals surface area contributed by atoms with Crippen molar-refractivity contribution < 1.29 is 8.42 Å². The predicted octanol–water partition coefficient (Wildman–Crippen LogP) is -0.737. The van der Waals surface area contributed by atoms with Crippen LogP contribution in [0.15, 0.2) is 18.7 Å². The molecule has 1 aliphatic heterocycles. The Kier molecular flexibility index (Phi) is 3.24. The molecule has 0 amide bonds. The van der Waals surface area contributed by atoms with Crippen molar-refractivity contribution >= 4 is 21.7 Å². The molecule has 1 saturated heterocycles. The van der Waals surface area contributed by atoms with Gasteiger partial charge in [0.2, 0.25) is 17.8 Å². The summed E-state index contributed by atoms with van der Waals surface area (Å²) >= 11 is 0. The van der Waals surface area contributed by atoms with E-state index in [1.165, 1.54) is 0 Å². The molecule has 2 aromatic heterocycles. The van der Waals surface area contributed by atoms with Crippen LogP contribution in [0, 0.1) is 0 Å². The van der Waals surface area contributed by atoms with Gasteiger partial charge in [0.05, 0.1) is 11.5 Å². The van der Waals surface area contributed by atoms with E-state index in [1.807, 2.05) is 11.8 Å². The molecule has 0 spiro atoms. The molecule has 2 N–H and O–H groups in total. The zero-order valence-corrected chi connectivity index (χ0v) is 12.2. The van der Waals surface area contributed by atoms with Crippen LogP contribution in [0.4, 0.5) is 11.9 Å². The Morgan fingerprint density at radius 2 is 2.05 bits per heavy atom. The first kappa shape index (κ1) is 13.7. The Morgan fingerprint density at radius 3 is 2.71 bits per heavy atom. The van der Waals surface area contributed by atoms with Gasteiger partial charge in [-0.2, -0.15) is 15.0 Å². The normalized spacial score (nSPS) is 21.4. The van der Waals surface area contributed by atoms with Crippen LogP contribution in [0.1, 0.15) is 6.92 Å². The predicted molar refractivity (Wildman–Crippen MR) is 76.8 cm³/mol. The van der Waals surface area contributed by atoms with E-state index >= 15 is 0 Å². The SMILES string of the molecule is CC1CS(=O)(=O)CCN1c1nc(N)nc(-n2ccnc2)n1. The Morgan fingerprint density at radius 1 is 1.29 bits per heavy atom. The second-order valence-corrected chi connectivity index (χ2v) is 7.15. The maximum atomic E-state index is 11.6. The van der Waals surface area contributed by atoms with Gasteiger partial charge in [-0.1, -0.05) is 0 Å². The summed E-state index contributed by atoms with van der Waals surface area (Å²) in [4.78, 5) is 18.3. The van der Waals surface area contributed by atoms with Crippen LogP contribution >= 0.6 is 0 Å². The topological polar surface area (TPSA) is 120 Å². The summed E-state index contributed by atoms with van der Waals surface area (Å²) in [5.41, 5.74) is 5.73. The van der Waals surface area contributed by atoms with Crippen LogP contribution in [0.25, 0.3) is 5.95 Å². The number of hydrogen-bond donors (Lipinski definition) is 1. The van der Waals surface area contributed by atoms with Crippen LogP contribution in [-0.4, -0.2) is 57.0 Å². The molecule has 0 aromatic carbocycles. The number of rotatable bonds is 2. The first-order valence-electron chi connectivity index (χ1n) is 6.41. The Bertz CT molecular complexity index is 744. The first-order valence-corrected chi connectivity index (χ1v) is 8.24. The van der Waals surface area contributed by atoms with Crippen molar-refractivity contribution in [2.75, 3.05) is 28.7 Å². The molecule has 3 heterocycles. The molecule has 1 unspecified atom stereocenters. The highest BCUT2D eigenvalue weighted by atomic mass is 32.2. The van der Waals surface area contributed by atoms with E-state index in [2.05, 4.69) is 19.9 Å². The maximum Gasteiger partial charge on any atom is 0.241 e. The molecule has 1 fully saturated rings. The number of sulfone groups is 1. The van der Waals surface area contributed by atoms with E-state index in [0.29, 0.717) is 18.4 Å². The van der Waals surface area contributed by atoms with Gasteiger partial charge in [-0.25, -0.2) is 13.4 Å². The van der Waals surface area contributed by atoms with Crippen LogP contribution in [0.3, 0.4) is 0 Å². The molecule has 0 bridgehead atoms. The van der Waals surface area contributed by atoms with Crippen LogP contribution in [-0.2, 0) is 9.84 Å².